The van der Waals surface area contributed by atoms with Crippen molar-refractivity contribution in [1.29, 1.82) is 0 Å². The van der Waals surface area contributed by atoms with Gasteiger partial charge in [-0.2, -0.15) is 0 Å². The van der Waals surface area contributed by atoms with Gasteiger partial charge in [-0.3, -0.25) is 9.78 Å². The first-order chi connectivity index (χ1) is 12.3. The van der Waals surface area contributed by atoms with Gasteiger partial charge in [-0.25, -0.2) is 13.6 Å². The van der Waals surface area contributed by atoms with Gasteiger partial charge in [0.2, 0.25) is 5.78 Å². The number of carbonyl (C=O) groups is 2. The minimum absolute atomic E-state index is 0.267. The molecule has 0 fully saturated rings. The molecule has 0 atom stereocenters. The third-order valence-corrected chi connectivity index (χ3v) is 3.88. The van der Waals surface area contributed by atoms with Gasteiger partial charge < -0.3 is 4.74 Å². The van der Waals surface area contributed by atoms with Crippen molar-refractivity contribution >= 4 is 22.7 Å². The molecule has 1 heterocycles. The number of rotatable bonds is 4. The van der Waals surface area contributed by atoms with Crippen LogP contribution < -0.4 is 0 Å². The summed E-state index contributed by atoms with van der Waals surface area (Å²) in [4.78, 5) is 28.8. The minimum Gasteiger partial charge on any atom is -0.454 e. The summed E-state index contributed by atoms with van der Waals surface area (Å²) in [5.74, 6) is -3.15. The summed E-state index contributed by atoms with van der Waals surface area (Å²) >= 11 is 0. The van der Waals surface area contributed by atoms with Crippen LogP contribution in [-0.2, 0) is 4.74 Å². The number of fused-ring (bicyclic) bond motifs is 1. The summed E-state index contributed by atoms with van der Waals surface area (Å²) in [6.07, 6.45) is 0. The molecule has 0 aliphatic carbocycles. The lowest BCUT2D eigenvalue weighted by Gasteiger charge is -2.09. The molecule has 4 nitrogen and oxygen atoms in total. The van der Waals surface area contributed by atoms with Gasteiger partial charge in [0, 0.05) is 11.1 Å². The molecule has 0 aliphatic heterocycles. The molecule has 0 N–H and O–H groups in total. The van der Waals surface area contributed by atoms with E-state index < -0.39 is 35.6 Å². The average molecular weight is 355 g/mol. The second kappa shape index (κ2) is 7.00. The Bertz CT molecular complexity index is 1030. The van der Waals surface area contributed by atoms with Crippen LogP contribution in [0.25, 0.3) is 10.9 Å². The van der Waals surface area contributed by atoms with Crippen LogP contribution in [0.3, 0.4) is 0 Å². The Morgan fingerprint density at radius 3 is 2.54 bits per heavy atom. The van der Waals surface area contributed by atoms with Crippen molar-refractivity contribution in [3.63, 3.8) is 0 Å². The number of pyridine rings is 1. The number of carbonyl (C=O) groups excluding carboxylic acids is 2. The number of nitrogens with zero attached hydrogens (tertiary/aromatic N) is 1. The maximum Gasteiger partial charge on any atom is 0.339 e. The summed E-state index contributed by atoms with van der Waals surface area (Å²) in [6, 6.07) is 9.58. The summed E-state index contributed by atoms with van der Waals surface area (Å²) in [5, 5.41) is 0.602. The number of ether oxygens (including phenoxy) is 1. The number of hydrogen-bond donors (Lipinski definition) is 0. The van der Waals surface area contributed by atoms with Gasteiger partial charge in [0.15, 0.2) is 6.61 Å². The van der Waals surface area contributed by atoms with Crippen molar-refractivity contribution in [2.75, 3.05) is 6.61 Å². The van der Waals surface area contributed by atoms with Crippen LogP contribution in [0.2, 0.25) is 0 Å². The minimum atomic E-state index is -0.867. The normalized spacial score (nSPS) is 10.8. The topological polar surface area (TPSA) is 56.3 Å². The van der Waals surface area contributed by atoms with Gasteiger partial charge >= 0.3 is 5.97 Å². The van der Waals surface area contributed by atoms with Gasteiger partial charge in [-0.1, -0.05) is 11.6 Å². The van der Waals surface area contributed by atoms with Crippen LogP contribution in [0.15, 0.2) is 42.5 Å². The molecule has 0 bridgehead atoms. The highest BCUT2D eigenvalue weighted by Crippen LogP contribution is 2.21. The van der Waals surface area contributed by atoms with E-state index in [1.165, 1.54) is 0 Å². The van der Waals surface area contributed by atoms with Crippen molar-refractivity contribution in [3.05, 3.63) is 76.5 Å². The lowest BCUT2D eigenvalue weighted by atomic mass is 10.1. The van der Waals surface area contributed by atoms with Crippen LogP contribution in [0.1, 0.15) is 32.0 Å². The number of aryl methyl sites for hydroxylation is 2. The van der Waals surface area contributed by atoms with Crippen molar-refractivity contribution < 1.29 is 23.1 Å². The number of aromatic nitrogens is 1. The van der Waals surface area contributed by atoms with Crippen LogP contribution in [0.4, 0.5) is 8.78 Å². The van der Waals surface area contributed by atoms with E-state index in [1.54, 1.807) is 25.1 Å². The Labute approximate surface area is 148 Å². The monoisotopic (exact) mass is 355 g/mol. The molecule has 0 saturated carbocycles. The highest BCUT2D eigenvalue weighted by atomic mass is 19.1. The first kappa shape index (κ1) is 17.7. The Morgan fingerprint density at radius 2 is 1.77 bits per heavy atom. The summed E-state index contributed by atoms with van der Waals surface area (Å²) < 4.78 is 31.9. The second-order valence-corrected chi connectivity index (χ2v) is 5.96. The van der Waals surface area contributed by atoms with Gasteiger partial charge in [0.05, 0.1) is 16.6 Å². The maximum absolute atomic E-state index is 13.6. The zero-order chi connectivity index (χ0) is 18.8. The molecule has 26 heavy (non-hydrogen) atoms. The fourth-order valence-electron chi connectivity index (χ4n) is 2.64. The number of hydrogen-bond acceptors (Lipinski definition) is 4. The van der Waals surface area contributed by atoms with Crippen LogP contribution in [-0.4, -0.2) is 23.3 Å². The smallest absolute Gasteiger partial charge is 0.339 e. The van der Waals surface area contributed by atoms with E-state index >= 15 is 0 Å². The van der Waals surface area contributed by atoms with E-state index in [2.05, 4.69) is 4.98 Å². The van der Waals surface area contributed by atoms with Gasteiger partial charge in [0.1, 0.15) is 11.6 Å². The molecule has 132 valence electrons. The summed E-state index contributed by atoms with van der Waals surface area (Å²) in [5.41, 5.74) is 2.00. The van der Waals surface area contributed by atoms with Crippen molar-refractivity contribution in [2.45, 2.75) is 13.8 Å². The number of esters is 1. The third kappa shape index (κ3) is 3.59. The number of benzene rings is 2. The van der Waals surface area contributed by atoms with Crippen LogP contribution in [0.5, 0.6) is 0 Å². The molecule has 3 rings (SSSR count). The lowest BCUT2D eigenvalue weighted by molar-refractivity contribution is 0.0475. The summed E-state index contributed by atoms with van der Waals surface area (Å²) in [6.45, 7) is 2.93. The zero-order valence-corrected chi connectivity index (χ0v) is 14.2. The SMILES string of the molecule is Cc1ccc2nc(C)cc(C(=O)OCC(=O)c3cc(F)ccc3F)c2c1. The molecule has 3 aromatic rings. The van der Waals surface area contributed by atoms with Crippen LogP contribution >= 0.6 is 0 Å². The Hall–Kier alpha value is -3.15. The lowest BCUT2D eigenvalue weighted by Crippen LogP contribution is -2.16. The highest BCUT2D eigenvalue weighted by Gasteiger charge is 2.18. The van der Waals surface area contributed by atoms with Crippen molar-refractivity contribution in [1.82, 2.24) is 4.98 Å². The van der Waals surface area contributed by atoms with Gasteiger partial charge in [-0.15, -0.1) is 0 Å². The Kier molecular flexibility index (Phi) is 4.75. The zero-order valence-electron chi connectivity index (χ0n) is 14.2. The molecule has 0 saturated heterocycles. The molecule has 0 radical (unpaired) electrons. The van der Waals surface area contributed by atoms with Crippen molar-refractivity contribution in [2.24, 2.45) is 0 Å². The third-order valence-electron chi connectivity index (χ3n) is 3.88. The second-order valence-electron chi connectivity index (χ2n) is 5.96. The Balaban J connectivity index is 1.84. The first-order valence-corrected chi connectivity index (χ1v) is 7.88. The van der Waals surface area contributed by atoms with E-state index in [9.17, 15) is 18.4 Å². The molecule has 0 amide bonds. The summed E-state index contributed by atoms with van der Waals surface area (Å²) in [7, 11) is 0. The van der Waals surface area contributed by atoms with Crippen molar-refractivity contribution in [3.8, 4) is 0 Å². The molecule has 6 heteroatoms. The van der Waals surface area contributed by atoms with Crippen LogP contribution in [0, 0.1) is 25.5 Å². The largest absolute Gasteiger partial charge is 0.454 e. The Morgan fingerprint density at radius 1 is 1.00 bits per heavy atom. The maximum atomic E-state index is 13.6. The van der Waals surface area contributed by atoms with Gasteiger partial charge in [0.25, 0.3) is 0 Å². The van der Waals surface area contributed by atoms with E-state index in [4.69, 9.17) is 4.74 Å². The first-order valence-electron chi connectivity index (χ1n) is 7.88. The number of ketones is 1. The molecular weight excluding hydrogens is 340 g/mol. The highest BCUT2D eigenvalue weighted by molar-refractivity contribution is 6.05. The number of halogens is 2. The standard InChI is InChI=1S/C20H15F2NO3/c1-11-3-6-18-14(7-11)15(8-12(2)23-18)20(25)26-10-19(24)16-9-13(21)4-5-17(16)22/h3-9H,10H2,1-2H3. The molecule has 2 aromatic carbocycles. The molecule has 0 spiro atoms. The predicted octanol–water partition coefficient (Wildman–Crippen LogP) is 4.17. The van der Waals surface area contributed by atoms with Gasteiger partial charge in [-0.05, 0) is 50.2 Å². The van der Waals surface area contributed by atoms with E-state index in [-0.39, 0.29) is 5.56 Å². The predicted molar refractivity (Wildman–Crippen MR) is 92.2 cm³/mol. The molecule has 0 aliphatic rings. The average Bonchev–Trinajstić information content (AvgIpc) is 2.61. The number of Topliss-reactive ketones (excluding diaryl/α,β-unsaturated/α-hetero) is 1. The van der Waals surface area contributed by atoms with E-state index in [0.29, 0.717) is 16.6 Å². The fraction of sp³-hybridized carbons (Fsp3) is 0.150. The molecule has 1 aromatic heterocycles. The molecular formula is C20H15F2NO3. The molecule has 0 unspecified atom stereocenters. The van der Waals surface area contributed by atoms with E-state index in [1.807, 2.05) is 13.0 Å². The quantitative estimate of drug-likeness (QED) is 0.521. The van der Waals surface area contributed by atoms with E-state index in [0.717, 1.165) is 23.8 Å². The fourth-order valence-corrected chi connectivity index (χ4v) is 2.64.